The molecule has 4 heteroatoms. The number of nitrogens with zero attached hydrogens (tertiary/aromatic N) is 1. The van der Waals surface area contributed by atoms with Gasteiger partial charge in [-0.1, -0.05) is 28.1 Å². The van der Waals surface area contributed by atoms with E-state index in [1.54, 1.807) is 0 Å². The van der Waals surface area contributed by atoms with Crippen LogP contribution in [0.3, 0.4) is 0 Å². The third-order valence-electron chi connectivity index (χ3n) is 3.82. The molecule has 0 atom stereocenters. The van der Waals surface area contributed by atoms with Gasteiger partial charge in [0, 0.05) is 30.5 Å². The van der Waals surface area contributed by atoms with Crippen LogP contribution < -0.4 is 4.90 Å². The zero-order valence-corrected chi connectivity index (χ0v) is 14.1. The quantitative estimate of drug-likeness (QED) is 0.416. The first-order valence-corrected chi connectivity index (χ1v) is 8.97. The molecule has 1 aromatic carbocycles. The van der Waals surface area contributed by atoms with Gasteiger partial charge in [0.05, 0.1) is 0 Å². The molecule has 0 saturated carbocycles. The summed E-state index contributed by atoms with van der Waals surface area (Å²) in [5, 5.41) is 0.943. The molecular weight excluding hydrogens is 330 g/mol. The number of carbonyl (C=O) groups excluding carboxylic acids is 1. The summed E-state index contributed by atoms with van der Waals surface area (Å²) in [6.45, 7) is 2.69. The lowest BCUT2D eigenvalue weighted by Gasteiger charge is -2.28. The van der Waals surface area contributed by atoms with Gasteiger partial charge in [-0.25, -0.2) is 0 Å². The van der Waals surface area contributed by atoms with Crippen LogP contribution in [0, 0.1) is 0 Å². The van der Waals surface area contributed by atoms with Crippen LogP contribution in [0.1, 0.15) is 44.1 Å². The van der Waals surface area contributed by atoms with Crippen molar-refractivity contribution in [1.82, 2.24) is 0 Å². The number of piperidine rings is 1. The highest BCUT2D eigenvalue weighted by Crippen LogP contribution is 2.20. The van der Waals surface area contributed by atoms with Crippen molar-refractivity contribution in [2.24, 2.45) is 0 Å². The predicted octanol–water partition coefficient (Wildman–Crippen LogP) is 4.29. The molecule has 1 aromatic rings. The Morgan fingerprint density at radius 2 is 1.81 bits per heavy atom. The van der Waals surface area contributed by atoms with Crippen LogP contribution in [0.4, 0.5) is 5.69 Å². The summed E-state index contributed by atoms with van der Waals surface area (Å²) in [4.78, 5) is 14.0. The highest BCUT2D eigenvalue weighted by molar-refractivity contribution is 9.09. The number of hydrogen-bond donors (Lipinski definition) is 0. The highest BCUT2D eigenvalue weighted by atomic mass is 79.9. The standard InChI is InChI=1S/C17H24BrNO2/c18-11-3-2-6-17(20)21-14-15-7-9-16(10-8-15)19-12-4-1-5-13-19/h7-10H,1-6,11-14H2. The average Bonchev–Trinajstić information content (AvgIpc) is 2.54. The van der Waals surface area contributed by atoms with E-state index in [1.165, 1.54) is 24.9 Å². The number of alkyl halides is 1. The summed E-state index contributed by atoms with van der Waals surface area (Å²) in [5.41, 5.74) is 2.34. The third kappa shape index (κ3) is 5.70. The summed E-state index contributed by atoms with van der Waals surface area (Å²) in [6, 6.07) is 8.41. The van der Waals surface area contributed by atoms with Crippen LogP contribution in [-0.4, -0.2) is 24.4 Å². The summed E-state index contributed by atoms with van der Waals surface area (Å²) < 4.78 is 5.29. The zero-order valence-electron chi connectivity index (χ0n) is 12.5. The molecule has 0 radical (unpaired) electrons. The Morgan fingerprint density at radius 1 is 1.10 bits per heavy atom. The topological polar surface area (TPSA) is 29.5 Å². The van der Waals surface area contributed by atoms with Crippen LogP contribution in [0.15, 0.2) is 24.3 Å². The van der Waals surface area contributed by atoms with Crippen molar-refractivity contribution in [2.75, 3.05) is 23.3 Å². The molecule has 1 aliphatic rings. The normalized spacial score (nSPS) is 15.0. The van der Waals surface area contributed by atoms with Crippen LogP contribution >= 0.6 is 15.9 Å². The molecule has 1 heterocycles. The van der Waals surface area contributed by atoms with Crippen LogP contribution in [0.5, 0.6) is 0 Å². The van der Waals surface area contributed by atoms with E-state index in [0.717, 1.165) is 36.8 Å². The first kappa shape index (κ1) is 16.3. The maximum absolute atomic E-state index is 11.6. The first-order valence-electron chi connectivity index (χ1n) is 7.85. The van der Waals surface area contributed by atoms with Crippen LogP contribution in [-0.2, 0) is 16.1 Å². The second kappa shape index (κ2) is 9.08. The number of benzene rings is 1. The number of esters is 1. The summed E-state index contributed by atoms with van der Waals surface area (Å²) in [6.07, 6.45) is 6.33. The first-order chi connectivity index (χ1) is 10.3. The van der Waals surface area contributed by atoms with Gasteiger partial charge in [0.15, 0.2) is 0 Å². The molecule has 0 amide bonds. The van der Waals surface area contributed by atoms with E-state index in [9.17, 15) is 4.79 Å². The average molecular weight is 354 g/mol. The van der Waals surface area contributed by atoms with Gasteiger partial charge in [-0.2, -0.15) is 0 Å². The Labute approximate surface area is 135 Å². The Morgan fingerprint density at radius 3 is 2.48 bits per heavy atom. The van der Waals surface area contributed by atoms with Gasteiger partial charge in [-0.15, -0.1) is 0 Å². The highest BCUT2D eigenvalue weighted by Gasteiger charge is 2.10. The Balaban J connectivity index is 1.75. The lowest BCUT2D eigenvalue weighted by atomic mass is 10.1. The van der Waals surface area contributed by atoms with E-state index < -0.39 is 0 Å². The molecule has 1 saturated heterocycles. The number of carbonyl (C=O) groups is 1. The molecule has 0 aromatic heterocycles. The second-order valence-electron chi connectivity index (χ2n) is 5.52. The lowest BCUT2D eigenvalue weighted by Crippen LogP contribution is -2.29. The monoisotopic (exact) mass is 353 g/mol. The van der Waals surface area contributed by atoms with Gasteiger partial charge in [-0.3, -0.25) is 4.79 Å². The van der Waals surface area contributed by atoms with E-state index in [0.29, 0.717) is 13.0 Å². The van der Waals surface area contributed by atoms with E-state index in [4.69, 9.17) is 4.74 Å². The summed E-state index contributed by atoms with van der Waals surface area (Å²) in [7, 11) is 0. The zero-order chi connectivity index (χ0) is 14.9. The fourth-order valence-corrected chi connectivity index (χ4v) is 2.95. The molecule has 3 nitrogen and oxygen atoms in total. The van der Waals surface area contributed by atoms with Gasteiger partial charge in [0.1, 0.15) is 6.61 Å². The molecule has 1 aliphatic heterocycles. The number of rotatable bonds is 7. The molecular formula is C17H24BrNO2. The van der Waals surface area contributed by atoms with E-state index in [2.05, 4.69) is 45.1 Å². The molecule has 0 bridgehead atoms. The smallest absolute Gasteiger partial charge is 0.306 e. The Hall–Kier alpha value is -1.03. The largest absolute Gasteiger partial charge is 0.461 e. The minimum atomic E-state index is -0.101. The van der Waals surface area contributed by atoms with Gasteiger partial charge in [-0.05, 0) is 49.8 Å². The van der Waals surface area contributed by atoms with Crippen molar-refractivity contribution in [1.29, 1.82) is 0 Å². The molecule has 0 N–H and O–H groups in total. The van der Waals surface area contributed by atoms with Crippen molar-refractivity contribution in [3.05, 3.63) is 29.8 Å². The van der Waals surface area contributed by atoms with Crippen molar-refractivity contribution in [3.8, 4) is 0 Å². The Kier molecular flexibility index (Phi) is 7.07. The van der Waals surface area contributed by atoms with Gasteiger partial charge >= 0.3 is 5.97 Å². The third-order valence-corrected chi connectivity index (χ3v) is 4.38. The van der Waals surface area contributed by atoms with Gasteiger partial charge in [0.2, 0.25) is 0 Å². The van der Waals surface area contributed by atoms with Gasteiger partial charge in [0.25, 0.3) is 0 Å². The minimum absolute atomic E-state index is 0.101. The van der Waals surface area contributed by atoms with Crippen molar-refractivity contribution in [2.45, 2.75) is 45.1 Å². The number of hydrogen-bond acceptors (Lipinski definition) is 3. The summed E-state index contributed by atoms with van der Waals surface area (Å²) in [5.74, 6) is -0.101. The fourth-order valence-electron chi connectivity index (χ4n) is 2.55. The minimum Gasteiger partial charge on any atom is -0.461 e. The van der Waals surface area contributed by atoms with E-state index in [1.807, 2.05) is 0 Å². The number of anilines is 1. The Bertz CT molecular complexity index is 427. The number of ether oxygens (including phenoxy) is 1. The molecule has 2 rings (SSSR count). The van der Waals surface area contributed by atoms with Crippen LogP contribution in [0.25, 0.3) is 0 Å². The van der Waals surface area contributed by atoms with Crippen LogP contribution in [0.2, 0.25) is 0 Å². The summed E-state index contributed by atoms with van der Waals surface area (Å²) >= 11 is 3.36. The van der Waals surface area contributed by atoms with Crippen molar-refractivity contribution in [3.63, 3.8) is 0 Å². The fraction of sp³-hybridized carbons (Fsp3) is 0.588. The second-order valence-corrected chi connectivity index (χ2v) is 6.31. The maximum Gasteiger partial charge on any atom is 0.306 e. The number of unbranched alkanes of at least 4 members (excludes halogenated alkanes) is 1. The SMILES string of the molecule is O=C(CCCCBr)OCc1ccc(N2CCCCC2)cc1. The van der Waals surface area contributed by atoms with E-state index in [-0.39, 0.29) is 5.97 Å². The number of halogens is 1. The molecule has 116 valence electrons. The maximum atomic E-state index is 11.6. The predicted molar refractivity (Wildman–Crippen MR) is 89.9 cm³/mol. The molecule has 0 unspecified atom stereocenters. The van der Waals surface area contributed by atoms with E-state index >= 15 is 0 Å². The van der Waals surface area contributed by atoms with Gasteiger partial charge < -0.3 is 9.64 Å². The molecule has 21 heavy (non-hydrogen) atoms. The molecule has 0 aliphatic carbocycles. The lowest BCUT2D eigenvalue weighted by molar-refractivity contribution is -0.145. The molecule has 1 fully saturated rings. The van der Waals surface area contributed by atoms with Crippen molar-refractivity contribution >= 4 is 27.6 Å². The molecule has 0 spiro atoms. The van der Waals surface area contributed by atoms with Crippen molar-refractivity contribution < 1.29 is 9.53 Å².